The average Bonchev–Trinajstić information content (AvgIpc) is 2.97. The molecule has 2 aromatic carbocycles. The summed E-state index contributed by atoms with van der Waals surface area (Å²) in [7, 11) is 0. The molecule has 0 bridgehead atoms. The second-order valence-electron chi connectivity index (χ2n) is 10.6. The summed E-state index contributed by atoms with van der Waals surface area (Å²) in [5.74, 6) is 0. The van der Waals surface area contributed by atoms with Crippen LogP contribution in [0.15, 0.2) is 48.5 Å². The molecular formula is C31H48AlLiN4O2. The number of hydrogen-bond acceptors (Lipinski definition) is 5. The molecular weight excluding hydrogens is 494 g/mol. The Bertz CT molecular complexity index is 1070. The summed E-state index contributed by atoms with van der Waals surface area (Å²) in [6.07, 6.45) is 6.06. The van der Waals surface area contributed by atoms with Crippen LogP contribution in [0, 0.1) is 6.57 Å². The second-order valence-corrected chi connectivity index (χ2v) is 10.6. The molecule has 39 heavy (non-hydrogen) atoms. The van der Waals surface area contributed by atoms with Crippen LogP contribution in [0.4, 0.5) is 0 Å². The van der Waals surface area contributed by atoms with Gasteiger partial charge in [-0.3, -0.25) is 9.74 Å². The summed E-state index contributed by atoms with van der Waals surface area (Å²) in [4.78, 5) is 8.93. The summed E-state index contributed by atoms with van der Waals surface area (Å²) >= 11 is 0. The number of ether oxygens (including phenoxy) is 2. The molecule has 0 aliphatic carbocycles. The van der Waals surface area contributed by atoms with E-state index in [1.165, 1.54) is 22.3 Å². The minimum atomic E-state index is -0.314. The molecule has 4 aliphatic heterocycles. The van der Waals surface area contributed by atoms with Crippen molar-refractivity contribution in [3.8, 4) is 0 Å². The minimum absolute atomic E-state index is 0. The van der Waals surface area contributed by atoms with Crippen molar-refractivity contribution in [3.05, 3.63) is 82.2 Å². The first-order chi connectivity index (χ1) is 17.7. The molecule has 0 atom stereocenters. The first kappa shape index (κ1) is 34.1. The predicted octanol–water partition coefficient (Wildman–Crippen LogP) is 0.592. The van der Waals surface area contributed by atoms with E-state index in [0.717, 1.165) is 97.7 Å². The molecule has 0 spiro atoms. The van der Waals surface area contributed by atoms with E-state index >= 15 is 0 Å². The number of nitrogens with zero attached hydrogens (tertiary/aromatic N) is 3. The van der Waals surface area contributed by atoms with E-state index < -0.39 is 0 Å². The van der Waals surface area contributed by atoms with E-state index in [9.17, 15) is 0 Å². The van der Waals surface area contributed by atoms with Gasteiger partial charge in [0.1, 0.15) is 0 Å². The Hall–Kier alpha value is -1.14. The van der Waals surface area contributed by atoms with Gasteiger partial charge in [0.2, 0.25) is 0 Å². The van der Waals surface area contributed by atoms with Gasteiger partial charge in [-0.1, -0.05) is 56.0 Å². The van der Waals surface area contributed by atoms with Crippen molar-refractivity contribution in [1.82, 2.24) is 9.80 Å². The number of hydrogen-bond donors (Lipinski definition) is 1. The molecule has 2 N–H and O–H groups in total. The van der Waals surface area contributed by atoms with E-state index in [4.69, 9.17) is 21.8 Å². The molecule has 2 fully saturated rings. The van der Waals surface area contributed by atoms with Gasteiger partial charge in [-0.2, -0.15) is 0 Å². The molecule has 0 radical (unpaired) electrons. The molecule has 0 amide bonds. The SMILES string of the molecule is C.NCC1(N2CCc3ccccc3C2)CCOCC1.[AlH3].[C-]#[N+]C1(N2CCc3ccccc3C2)CCOCC1.[H-].[Li+]. The van der Waals surface area contributed by atoms with Crippen LogP contribution in [0.1, 0.15) is 56.8 Å². The third kappa shape index (κ3) is 7.58. The molecule has 0 saturated carbocycles. The van der Waals surface area contributed by atoms with Crippen LogP contribution in [0.5, 0.6) is 0 Å². The molecule has 4 heterocycles. The van der Waals surface area contributed by atoms with Gasteiger partial charge < -0.3 is 16.6 Å². The number of rotatable bonds is 3. The van der Waals surface area contributed by atoms with Gasteiger partial charge in [0, 0.05) is 51.5 Å². The van der Waals surface area contributed by atoms with E-state index in [1.807, 2.05) is 0 Å². The number of fused-ring (bicyclic) bond motifs is 2. The Labute approximate surface area is 260 Å². The maximum atomic E-state index is 7.59. The molecule has 6 rings (SSSR count). The minimum Gasteiger partial charge on any atom is -1.00 e. The fourth-order valence-electron chi connectivity index (χ4n) is 6.35. The first-order valence-corrected chi connectivity index (χ1v) is 13.6. The topological polar surface area (TPSA) is 55.3 Å². The van der Waals surface area contributed by atoms with Crippen LogP contribution in [-0.2, 0) is 35.4 Å². The largest absolute Gasteiger partial charge is 1.00 e. The normalized spacial score (nSPS) is 21.5. The molecule has 0 unspecified atom stereocenters. The van der Waals surface area contributed by atoms with Crippen molar-refractivity contribution in [2.75, 3.05) is 46.1 Å². The molecule has 4 aliphatic rings. The van der Waals surface area contributed by atoms with Gasteiger partial charge in [-0.25, -0.2) is 11.5 Å². The van der Waals surface area contributed by atoms with Crippen molar-refractivity contribution in [1.29, 1.82) is 0 Å². The fourth-order valence-corrected chi connectivity index (χ4v) is 6.35. The van der Waals surface area contributed by atoms with Crippen LogP contribution in [0.3, 0.4) is 0 Å². The predicted molar refractivity (Wildman–Crippen MR) is 160 cm³/mol. The van der Waals surface area contributed by atoms with Crippen LogP contribution in [0.25, 0.3) is 4.85 Å². The summed E-state index contributed by atoms with van der Waals surface area (Å²) in [6, 6.07) is 17.4. The van der Waals surface area contributed by atoms with Crippen molar-refractivity contribution in [2.24, 2.45) is 5.73 Å². The molecule has 8 heteroatoms. The molecule has 208 valence electrons. The van der Waals surface area contributed by atoms with Crippen molar-refractivity contribution in [2.45, 2.75) is 70.2 Å². The Balaban J connectivity index is 0.000000364. The van der Waals surface area contributed by atoms with Gasteiger partial charge in [-0.15, -0.1) is 0 Å². The Morgan fingerprint density at radius 1 is 0.769 bits per heavy atom. The molecule has 2 saturated heterocycles. The maximum absolute atomic E-state index is 7.59. The van der Waals surface area contributed by atoms with Gasteiger partial charge in [-0.05, 0) is 47.9 Å². The zero-order chi connectivity index (χ0) is 24.8. The summed E-state index contributed by atoms with van der Waals surface area (Å²) < 4.78 is 10.9. The van der Waals surface area contributed by atoms with Crippen molar-refractivity contribution in [3.63, 3.8) is 0 Å². The van der Waals surface area contributed by atoms with E-state index in [-0.39, 0.29) is 56.3 Å². The quantitative estimate of drug-likeness (QED) is 0.455. The van der Waals surface area contributed by atoms with Gasteiger partial charge in [0.25, 0.3) is 5.66 Å². The average molecular weight is 543 g/mol. The zero-order valence-electron chi connectivity index (χ0n) is 23.5. The monoisotopic (exact) mass is 542 g/mol. The van der Waals surface area contributed by atoms with E-state index in [1.54, 1.807) is 0 Å². The Morgan fingerprint density at radius 2 is 1.21 bits per heavy atom. The van der Waals surface area contributed by atoms with E-state index in [2.05, 4.69) is 63.2 Å². The van der Waals surface area contributed by atoms with E-state index in [0.29, 0.717) is 0 Å². The summed E-state index contributed by atoms with van der Waals surface area (Å²) in [5.41, 5.74) is 11.8. The smallest absolute Gasteiger partial charge is 1.00 e. The zero-order valence-corrected chi connectivity index (χ0v) is 22.5. The first-order valence-electron chi connectivity index (χ1n) is 13.6. The number of benzene rings is 2. The van der Waals surface area contributed by atoms with Crippen LogP contribution in [-0.4, -0.2) is 84.4 Å². The maximum Gasteiger partial charge on any atom is 1.00 e. The number of nitrogens with two attached hydrogens (primary N) is 1. The second kappa shape index (κ2) is 15.7. The molecule has 2 aromatic rings. The van der Waals surface area contributed by atoms with Crippen LogP contribution < -0.4 is 24.6 Å². The van der Waals surface area contributed by atoms with Crippen molar-refractivity contribution >= 4 is 17.4 Å². The van der Waals surface area contributed by atoms with Gasteiger partial charge >= 0.3 is 18.9 Å². The Morgan fingerprint density at radius 3 is 1.69 bits per heavy atom. The van der Waals surface area contributed by atoms with Crippen LogP contribution >= 0.6 is 0 Å². The van der Waals surface area contributed by atoms with Gasteiger partial charge in [0.15, 0.2) is 17.4 Å². The standard InChI is InChI=1S/C15H18N2O.C15H22N2O.CH4.Al.Li.4H/c1-16-15(7-10-18-11-8-15)17-9-6-13-4-2-3-5-14(13)12-17;16-12-15(6-9-18-10-7-15)17-8-5-13-3-1-2-4-14(13)11-17;;;;;;;/h2-5H,6-12H2;1-4H,5-12,16H2;1H4;;;;;;/q;;;;+1;;;;-1. The third-order valence-corrected chi connectivity index (χ3v) is 8.83. The summed E-state index contributed by atoms with van der Waals surface area (Å²) in [6.45, 7) is 15.6. The fraction of sp³-hybridized carbons (Fsp3) is 0.581. The Kier molecular flexibility index (Phi) is 13.8. The van der Waals surface area contributed by atoms with Gasteiger partial charge in [0.05, 0.1) is 26.1 Å². The third-order valence-electron chi connectivity index (χ3n) is 8.83. The summed E-state index contributed by atoms with van der Waals surface area (Å²) in [5, 5.41) is 0. The van der Waals surface area contributed by atoms with Crippen LogP contribution in [0.2, 0.25) is 0 Å². The molecule has 0 aromatic heterocycles. The molecule has 6 nitrogen and oxygen atoms in total. The van der Waals surface area contributed by atoms with Crippen molar-refractivity contribution < 1.29 is 29.8 Å².